The molecule has 0 atom stereocenters. The normalized spacial score (nSPS) is 14.3. The van der Waals surface area contributed by atoms with Gasteiger partial charge in [0.25, 0.3) is 11.8 Å². The predicted molar refractivity (Wildman–Crippen MR) is 114 cm³/mol. The molecule has 0 saturated carbocycles. The Morgan fingerprint density at radius 3 is 2.53 bits per heavy atom. The summed E-state index contributed by atoms with van der Waals surface area (Å²) in [4.78, 5) is 32.9. The third-order valence-corrected chi connectivity index (χ3v) is 5.98. The van der Waals surface area contributed by atoms with Crippen molar-refractivity contribution in [2.45, 2.75) is 26.3 Å². The minimum Gasteiger partial charge on any atom is -0.339 e. The first-order valence-electron chi connectivity index (χ1n) is 9.89. The Morgan fingerprint density at radius 2 is 1.80 bits per heavy atom. The molecule has 3 aromatic rings. The van der Waals surface area contributed by atoms with E-state index in [0.717, 1.165) is 36.4 Å². The Balaban J connectivity index is 1.58. The van der Waals surface area contributed by atoms with E-state index in [4.69, 9.17) is 0 Å². The van der Waals surface area contributed by atoms with Crippen molar-refractivity contribution >= 4 is 23.2 Å². The Kier molecular flexibility index (Phi) is 5.90. The smallest absolute Gasteiger partial charge is 0.279 e. The summed E-state index contributed by atoms with van der Waals surface area (Å²) in [5.74, 6) is -0.738. The van der Waals surface area contributed by atoms with Crippen LogP contribution in [0.3, 0.4) is 0 Å². The van der Waals surface area contributed by atoms with Crippen LogP contribution >= 0.6 is 11.3 Å². The molecule has 1 aliphatic rings. The molecule has 0 aliphatic carbocycles. The Bertz CT molecular complexity index is 1140. The summed E-state index contributed by atoms with van der Waals surface area (Å²) in [6, 6.07) is 13.0. The SMILES string of the molecule is Cc1cn(Cc2cccc(C(=O)N3CCCC3)c2)c(=NC(=O)c2ccc(F)cc2)s1. The lowest BCUT2D eigenvalue weighted by molar-refractivity contribution is 0.0792. The number of hydrogen-bond acceptors (Lipinski definition) is 3. The average molecular weight is 424 g/mol. The molecule has 154 valence electrons. The Morgan fingerprint density at radius 1 is 1.07 bits per heavy atom. The number of hydrogen-bond donors (Lipinski definition) is 0. The maximum absolute atomic E-state index is 13.1. The van der Waals surface area contributed by atoms with E-state index in [1.807, 2.05) is 46.9 Å². The van der Waals surface area contributed by atoms with Crippen LogP contribution in [0.4, 0.5) is 4.39 Å². The molecule has 7 heteroatoms. The molecule has 5 nitrogen and oxygen atoms in total. The van der Waals surface area contributed by atoms with Gasteiger partial charge in [-0.25, -0.2) is 4.39 Å². The average Bonchev–Trinajstić information content (AvgIpc) is 3.38. The second kappa shape index (κ2) is 8.75. The van der Waals surface area contributed by atoms with Gasteiger partial charge in [0.15, 0.2) is 4.80 Å². The van der Waals surface area contributed by atoms with Gasteiger partial charge in [-0.05, 0) is 61.7 Å². The summed E-state index contributed by atoms with van der Waals surface area (Å²) in [5.41, 5.74) is 1.99. The predicted octanol–water partition coefficient (Wildman–Crippen LogP) is 4.02. The van der Waals surface area contributed by atoms with Crippen LogP contribution in [0.2, 0.25) is 0 Å². The first-order valence-corrected chi connectivity index (χ1v) is 10.7. The topological polar surface area (TPSA) is 54.7 Å². The van der Waals surface area contributed by atoms with Gasteiger partial charge in [0.1, 0.15) is 5.82 Å². The molecule has 4 rings (SSSR count). The maximum Gasteiger partial charge on any atom is 0.279 e. The summed E-state index contributed by atoms with van der Waals surface area (Å²) in [5, 5.41) is 0. The van der Waals surface area contributed by atoms with E-state index in [-0.39, 0.29) is 5.91 Å². The number of nitrogens with zero attached hydrogens (tertiary/aromatic N) is 3. The molecule has 30 heavy (non-hydrogen) atoms. The lowest BCUT2D eigenvalue weighted by atomic mass is 10.1. The van der Waals surface area contributed by atoms with Crippen LogP contribution in [0.15, 0.2) is 59.7 Å². The van der Waals surface area contributed by atoms with E-state index in [1.165, 1.54) is 35.6 Å². The first-order chi connectivity index (χ1) is 14.5. The van der Waals surface area contributed by atoms with Gasteiger partial charge in [-0.1, -0.05) is 12.1 Å². The van der Waals surface area contributed by atoms with Crippen LogP contribution < -0.4 is 4.80 Å². The fourth-order valence-electron chi connectivity index (χ4n) is 3.55. The van der Waals surface area contributed by atoms with Crippen LogP contribution in [-0.4, -0.2) is 34.4 Å². The van der Waals surface area contributed by atoms with Crippen molar-refractivity contribution in [3.8, 4) is 0 Å². The van der Waals surface area contributed by atoms with Crippen molar-refractivity contribution in [2.75, 3.05) is 13.1 Å². The molecule has 2 heterocycles. The molecule has 2 aromatic carbocycles. The fraction of sp³-hybridized carbons (Fsp3) is 0.261. The summed E-state index contributed by atoms with van der Waals surface area (Å²) in [7, 11) is 0. The van der Waals surface area contributed by atoms with Gasteiger partial charge in [-0.2, -0.15) is 4.99 Å². The summed E-state index contributed by atoms with van der Waals surface area (Å²) in [6.07, 6.45) is 4.06. The van der Waals surface area contributed by atoms with Gasteiger partial charge in [-0.15, -0.1) is 11.3 Å². The number of rotatable bonds is 4. The van der Waals surface area contributed by atoms with E-state index in [1.54, 1.807) is 0 Å². The molecule has 1 fully saturated rings. The van der Waals surface area contributed by atoms with Gasteiger partial charge in [0, 0.05) is 41.8 Å². The lowest BCUT2D eigenvalue weighted by Crippen LogP contribution is -2.27. The first kappa shape index (κ1) is 20.2. The highest BCUT2D eigenvalue weighted by atomic mass is 32.1. The quantitative estimate of drug-likeness (QED) is 0.636. The van der Waals surface area contributed by atoms with Crippen molar-refractivity contribution in [1.82, 2.24) is 9.47 Å². The Labute approximate surface area is 178 Å². The molecular formula is C23H22FN3O2S. The standard InChI is InChI=1S/C23H22FN3O2S/c1-16-14-27(23(30-16)25-21(28)18-7-9-20(24)10-8-18)15-17-5-4-6-19(13-17)22(29)26-11-2-3-12-26/h4-10,13-14H,2-3,11-12,15H2,1H3. The van der Waals surface area contributed by atoms with Crippen LogP contribution in [-0.2, 0) is 6.54 Å². The van der Waals surface area contributed by atoms with Crippen molar-refractivity contribution in [3.63, 3.8) is 0 Å². The molecule has 0 N–H and O–H groups in total. The number of carbonyl (C=O) groups is 2. The molecule has 0 unspecified atom stereocenters. The molecular weight excluding hydrogens is 401 g/mol. The summed E-state index contributed by atoms with van der Waals surface area (Å²) < 4.78 is 15.0. The van der Waals surface area contributed by atoms with Gasteiger partial charge in [0.2, 0.25) is 0 Å². The van der Waals surface area contributed by atoms with E-state index >= 15 is 0 Å². The lowest BCUT2D eigenvalue weighted by Gasteiger charge is -2.15. The van der Waals surface area contributed by atoms with Gasteiger partial charge in [-0.3, -0.25) is 9.59 Å². The Hall–Kier alpha value is -3.06. The zero-order chi connectivity index (χ0) is 21.1. The summed E-state index contributed by atoms with van der Waals surface area (Å²) >= 11 is 1.42. The highest BCUT2D eigenvalue weighted by Crippen LogP contribution is 2.15. The van der Waals surface area contributed by atoms with Crippen molar-refractivity contribution in [3.05, 3.63) is 86.9 Å². The molecule has 1 aromatic heterocycles. The maximum atomic E-state index is 13.1. The number of carbonyl (C=O) groups excluding carboxylic acids is 2. The summed E-state index contributed by atoms with van der Waals surface area (Å²) in [6.45, 7) is 4.09. The zero-order valence-electron chi connectivity index (χ0n) is 16.7. The van der Waals surface area contributed by atoms with E-state index < -0.39 is 11.7 Å². The second-order valence-corrected chi connectivity index (χ2v) is 8.59. The van der Waals surface area contributed by atoms with Crippen LogP contribution in [0, 0.1) is 12.7 Å². The van der Waals surface area contributed by atoms with Gasteiger partial charge in [0.05, 0.1) is 0 Å². The van der Waals surface area contributed by atoms with E-state index in [9.17, 15) is 14.0 Å². The number of aryl methyl sites for hydroxylation is 1. The highest BCUT2D eigenvalue weighted by Gasteiger charge is 2.19. The largest absolute Gasteiger partial charge is 0.339 e. The number of benzene rings is 2. The second-order valence-electron chi connectivity index (χ2n) is 7.38. The molecule has 1 aliphatic heterocycles. The van der Waals surface area contributed by atoms with E-state index in [2.05, 4.69) is 4.99 Å². The number of halogens is 1. The number of likely N-dealkylation sites (tertiary alicyclic amines) is 1. The number of thiazole rings is 1. The third-order valence-electron chi connectivity index (χ3n) is 5.04. The van der Waals surface area contributed by atoms with Crippen molar-refractivity contribution in [2.24, 2.45) is 4.99 Å². The van der Waals surface area contributed by atoms with Crippen LogP contribution in [0.25, 0.3) is 0 Å². The van der Waals surface area contributed by atoms with Gasteiger partial charge >= 0.3 is 0 Å². The van der Waals surface area contributed by atoms with Crippen molar-refractivity contribution in [1.29, 1.82) is 0 Å². The van der Waals surface area contributed by atoms with E-state index in [0.29, 0.717) is 22.5 Å². The minimum atomic E-state index is -0.413. The zero-order valence-corrected chi connectivity index (χ0v) is 17.5. The molecule has 0 radical (unpaired) electrons. The monoisotopic (exact) mass is 423 g/mol. The molecule has 2 amide bonds. The van der Waals surface area contributed by atoms with Gasteiger partial charge < -0.3 is 9.47 Å². The molecule has 0 bridgehead atoms. The van der Waals surface area contributed by atoms with Crippen LogP contribution in [0.5, 0.6) is 0 Å². The molecule has 0 spiro atoms. The fourth-order valence-corrected chi connectivity index (χ4v) is 4.38. The van der Waals surface area contributed by atoms with Crippen molar-refractivity contribution < 1.29 is 14.0 Å². The minimum absolute atomic E-state index is 0.0669. The molecule has 1 saturated heterocycles. The highest BCUT2D eigenvalue weighted by molar-refractivity contribution is 7.09. The third kappa shape index (κ3) is 4.57. The van der Waals surface area contributed by atoms with Crippen LogP contribution in [0.1, 0.15) is 44.0 Å². The number of aromatic nitrogens is 1. The number of amides is 2.